The molecular weight excluding hydrogens is 242 g/mol. The zero-order valence-electron chi connectivity index (χ0n) is 10.5. The molecule has 0 unspecified atom stereocenters. The van der Waals surface area contributed by atoms with Crippen molar-refractivity contribution in [2.45, 2.75) is 6.92 Å². The topological polar surface area (TPSA) is 84.1 Å². The standard InChI is InChI=1S/C14H13N3O2/c1-8-4-12-13(19-3-2-18-12)5-9(8)11-7-17-14(16)10(11)6-15/h4-5,7,17H,2-3,16H2,1H3. The number of nitrogens with one attached hydrogen (secondary N) is 1. The van der Waals surface area contributed by atoms with Gasteiger partial charge in [0.05, 0.1) is 0 Å². The fraction of sp³-hybridized carbons (Fsp3) is 0.214. The van der Waals surface area contributed by atoms with Crippen molar-refractivity contribution >= 4 is 5.82 Å². The van der Waals surface area contributed by atoms with Crippen molar-refractivity contribution in [3.8, 4) is 28.7 Å². The summed E-state index contributed by atoms with van der Waals surface area (Å²) in [5, 5.41) is 9.17. The lowest BCUT2D eigenvalue weighted by Gasteiger charge is -2.20. The number of nitrogens with zero attached hydrogens (tertiary/aromatic N) is 1. The molecule has 3 N–H and O–H groups in total. The Morgan fingerprint density at radius 2 is 1.89 bits per heavy atom. The number of anilines is 1. The molecule has 0 bridgehead atoms. The van der Waals surface area contributed by atoms with E-state index in [1.165, 1.54) is 0 Å². The number of rotatable bonds is 1. The van der Waals surface area contributed by atoms with E-state index in [1.54, 1.807) is 6.20 Å². The zero-order chi connectivity index (χ0) is 13.4. The molecule has 0 fully saturated rings. The summed E-state index contributed by atoms with van der Waals surface area (Å²) in [6, 6.07) is 5.94. The van der Waals surface area contributed by atoms with Crippen LogP contribution in [0.3, 0.4) is 0 Å². The number of aryl methyl sites for hydroxylation is 1. The zero-order valence-corrected chi connectivity index (χ0v) is 10.5. The van der Waals surface area contributed by atoms with E-state index in [0.29, 0.717) is 30.3 Å². The molecule has 1 aromatic carbocycles. The highest BCUT2D eigenvalue weighted by molar-refractivity contribution is 5.79. The monoisotopic (exact) mass is 255 g/mol. The summed E-state index contributed by atoms with van der Waals surface area (Å²) in [5.41, 5.74) is 8.93. The van der Waals surface area contributed by atoms with Crippen molar-refractivity contribution in [2.24, 2.45) is 0 Å². The van der Waals surface area contributed by atoms with Gasteiger partial charge in [-0.1, -0.05) is 0 Å². The van der Waals surface area contributed by atoms with Crippen LogP contribution in [0.4, 0.5) is 5.82 Å². The van der Waals surface area contributed by atoms with E-state index < -0.39 is 0 Å². The lowest BCUT2D eigenvalue weighted by molar-refractivity contribution is 0.171. The summed E-state index contributed by atoms with van der Waals surface area (Å²) < 4.78 is 11.1. The van der Waals surface area contributed by atoms with Crippen LogP contribution in [-0.2, 0) is 0 Å². The van der Waals surface area contributed by atoms with Crippen molar-refractivity contribution in [2.75, 3.05) is 18.9 Å². The molecule has 0 spiro atoms. The van der Waals surface area contributed by atoms with Crippen molar-refractivity contribution in [1.29, 1.82) is 5.26 Å². The fourth-order valence-electron chi connectivity index (χ4n) is 2.25. The highest BCUT2D eigenvalue weighted by atomic mass is 16.6. The second kappa shape index (κ2) is 4.25. The summed E-state index contributed by atoms with van der Waals surface area (Å²) in [6.07, 6.45) is 1.74. The summed E-state index contributed by atoms with van der Waals surface area (Å²) in [5.74, 6) is 1.83. The average Bonchev–Trinajstić information content (AvgIpc) is 2.78. The molecule has 2 aromatic rings. The first-order chi connectivity index (χ1) is 9.20. The molecule has 0 atom stereocenters. The Labute approximate surface area is 110 Å². The number of hydrogen-bond donors (Lipinski definition) is 2. The van der Waals surface area contributed by atoms with Gasteiger partial charge in [-0.15, -0.1) is 0 Å². The van der Waals surface area contributed by atoms with Gasteiger partial charge in [-0.25, -0.2) is 0 Å². The quantitative estimate of drug-likeness (QED) is 0.818. The molecule has 19 heavy (non-hydrogen) atoms. The summed E-state index contributed by atoms with van der Waals surface area (Å²) in [6.45, 7) is 3.07. The number of nitrogens with two attached hydrogens (primary N) is 1. The Kier molecular flexibility index (Phi) is 2.57. The van der Waals surface area contributed by atoms with Gasteiger partial charge in [0.25, 0.3) is 0 Å². The molecule has 5 nitrogen and oxygen atoms in total. The Morgan fingerprint density at radius 3 is 2.58 bits per heavy atom. The van der Waals surface area contributed by atoms with Crippen molar-refractivity contribution < 1.29 is 9.47 Å². The van der Waals surface area contributed by atoms with Gasteiger partial charge in [-0.05, 0) is 30.2 Å². The highest BCUT2D eigenvalue weighted by Crippen LogP contribution is 2.38. The summed E-state index contributed by atoms with van der Waals surface area (Å²) >= 11 is 0. The van der Waals surface area contributed by atoms with Crippen molar-refractivity contribution in [3.63, 3.8) is 0 Å². The van der Waals surface area contributed by atoms with Gasteiger partial charge in [0.2, 0.25) is 0 Å². The first-order valence-corrected chi connectivity index (χ1v) is 5.98. The molecule has 5 heteroatoms. The van der Waals surface area contributed by atoms with Gasteiger partial charge in [0.15, 0.2) is 11.5 Å². The maximum atomic E-state index is 9.17. The van der Waals surface area contributed by atoms with Crippen LogP contribution in [-0.4, -0.2) is 18.2 Å². The number of aromatic amines is 1. The van der Waals surface area contributed by atoms with Crippen LogP contribution in [0.1, 0.15) is 11.1 Å². The molecule has 3 rings (SSSR count). The number of nitrogen functional groups attached to an aromatic ring is 1. The largest absolute Gasteiger partial charge is 0.486 e. The molecule has 0 aliphatic carbocycles. The van der Waals surface area contributed by atoms with Gasteiger partial charge in [-0.2, -0.15) is 5.26 Å². The number of ether oxygens (including phenoxy) is 2. The highest BCUT2D eigenvalue weighted by Gasteiger charge is 2.18. The van der Waals surface area contributed by atoms with E-state index in [9.17, 15) is 5.26 Å². The fourth-order valence-corrected chi connectivity index (χ4v) is 2.25. The van der Waals surface area contributed by atoms with E-state index in [4.69, 9.17) is 15.2 Å². The average molecular weight is 255 g/mol. The van der Waals surface area contributed by atoms with Crippen LogP contribution in [0.5, 0.6) is 11.5 Å². The van der Waals surface area contributed by atoms with E-state index >= 15 is 0 Å². The molecule has 1 aromatic heterocycles. The minimum absolute atomic E-state index is 0.381. The van der Waals surface area contributed by atoms with Gasteiger partial charge in [-0.3, -0.25) is 0 Å². The predicted molar refractivity (Wildman–Crippen MR) is 71.1 cm³/mol. The third-order valence-corrected chi connectivity index (χ3v) is 3.20. The maximum Gasteiger partial charge on any atom is 0.161 e. The molecule has 0 saturated heterocycles. The number of fused-ring (bicyclic) bond motifs is 1. The van der Waals surface area contributed by atoms with Crippen LogP contribution >= 0.6 is 0 Å². The van der Waals surface area contributed by atoms with E-state index in [2.05, 4.69) is 11.1 Å². The van der Waals surface area contributed by atoms with Gasteiger partial charge in [0.1, 0.15) is 30.7 Å². The lowest BCUT2D eigenvalue weighted by atomic mass is 9.99. The summed E-state index contributed by atoms with van der Waals surface area (Å²) in [7, 11) is 0. The predicted octanol–water partition coefficient (Wildman–Crippen LogP) is 2.22. The Hall–Kier alpha value is -2.61. The molecular formula is C14H13N3O2. The number of H-pyrrole nitrogens is 1. The van der Waals surface area contributed by atoms with Gasteiger partial charge >= 0.3 is 0 Å². The first kappa shape index (κ1) is 11.5. The third-order valence-electron chi connectivity index (χ3n) is 3.20. The molecule has 1 aliphatic heterocycles. The van der Waals surface area contributed by atoms with E-state index in [0.717, 1.165) is 22.4 Å². The lowest BCUT2D eigenvalue weighted by Crippen LogP contribution is -2.15. The Morgan fingerprint density at radius 1 is 1.21 bits per heavy atom. The van der Waals surface area contributed by atoms with Crippen molar-refractivity contribution in [1.82, 2.24) is 4.98 Å². The Bertz CT molecular complexity index is 683. The minimum atomic E-state index is 0.381. The maximum absolute atomic E-state index is 9.17. The summed E-state index contributed by atoms with van der Waals surface area (Å²) in [4.78, 5) is 2.88. The van der Waals surface area contributed by atoms with Crippen molar-refractivity contribution in [3.05, 3.63) is 29.5 Å². The number of hydrogen-bond acceptors (Lipinski definition) is 4. The number of benzene rings is 1. The molecule has 0 saturated carbocycles. The van der Waals surface area contributed by atoms with Crippen LogP contribution in [0.15, 0.2) is 18.3 Å². The van der Waals surface area contributed by atoms with E-state index in [1.807, 2.05) is 19.1 Å². The first-order valence-electron chi connectivity index (χ1n) is 5.98. The Balaban J connectivity index is 2.17. The molecule has 1 aliphatic rings. The van der Waals surface area contributed by atoms with Crippen LogP contribution < -0.4 is 15.2 Å². The smallest absolute Gasteiger partial charge is 0.161 e. The number of aromatic nitrogens is 1. The molecule has 0 radical (unpaired) electrons. The third kappa shape index (κ3) is 1.78. The van der Waals surface area contributed by atoms with Crippen LogP contribution in [0.25, 0.3) is 11.1 Å². The SMILES string of the molecule is Cc1cc2c(cc1-c1c[nH]c(N)c1C#N)OCCO2. The molecule has 2 heterocycles. The second-order valence-corrected chi connectivity index (χ2v) is 4.41. The molecule has 96 valence electrons. The minimum Gasteiger partial charge on any atom is -0.486 e. The number of nitriles is 1. The van der Waals surface area contributed by atoms with Gasteiger partial charge in [0, 0.05) is 11.8 Å². The van der Waals surface area contributed by atoms with E-state index in [-0.39, 0.29) is 0 Å². The molecule has 0 amide bonds. The van der Waals surface area contributed by atoms with Crippen LogP contribution in [0.2, 0.25) is 0 Å². The second-order valence-electron chi connectivity index (χ2n) is 4.41. The normalized spacial score (nSPS) is 13.1. The van der Waals surface area contributed by atoms with Crippen LogP contribution in [0, 0.1) is 18.3 Å². The van der Waals surface area contributed by atoms with Gasteiger partial charge < -0.3 is 20.2 Å².